The molecule has 0 bridgehead atoms. The molecule has 1 heterocycles. The molecule has 1 aromatic carbocycles. The first-order valence-electron chi connectivity index (χ1n) is 5.67. The highest BCUT2D eigenvalue weighted by Crippen LogP contribution is 2.20. The first-order valence-corrected chi connectivity index (χ1v) is 5.67. The fraction of sp³-hybridized carbons (Fsp3) is 0.308. The average molecular weight is 250 g/mol. The Bertz CT molecular complexity index is 525. The van der Waals surface area contributed by atoms with Crippen molar-refractivity contribution in [1.82, 2.24) is 10.5 Å². The van der Waals surface area contributed by atoms with Gasteiger partial charge in [0.15, 0.2) is 17.3 Å². The Morgan fingerprint density at radius 3 is 3.06 bits per heavy atom. The molecule has 18 heavy (non-hydrogen) atoms. The number of nitrogens with one attached hydrogen (secondary N) is 1. The number of hydrogen-bond acceptors (Lipinski definition) is 4. The summed E-state index contributed by atoms with van der Waals surface area (Å²) in [4.78, 5) is 0. The quantitative estimate of drug-likeness (QED) is 0.885. The van der Waals surface area contributed by atoms with Gasteiger partial charge in [-0.15, -0.1) is 0 Å². The Balaban J connectivity index is 2.00. The van der Waals surface area contributed by atoms with E-state index < -0.39 is 0 Å². The molecule has 0 spiro atoms. The van der Waals surface area contributed by atoms with Gasteiger partial charge in [0.05, 0.1) is 5.69 Å². The van der Waals surface area contributed by atoms with Gasteiger partial charge < -0.3 is 14.6 Å². The zero-order valence-electron chi connectivity index (χ0n) is 10.4. The largest absolute Gasteiger partial charge is 0.482 e. The molecule has 0 aliphatic carbocycles. The summed E-state index contributed by atoms with van der Waals surface area (Å²) in [6.07, 6.45) is 0. The number of aryl methyl sites for hydroxylation is 1. The maximum Gasteiger partial charge on any atom is 0.174 e. The van der Waals surface area contributed by atoms with E-state index in [0.29, 0.717) is 17.9 Å². The fourth-order valence-corrected chi connectivity index (χ4v) is 1.57. The van der Waals surface area contributed by atoms with Crippen molar-refractivity contribution in [2.24, 2.45) is 0 Å². The Kier molecular flexibility index (Phi) is 3.94. The summed E-state index contributed by atoms with van der Waals surface area (Å²) in [5, 5.41) is 6.81. The second-order valence-electron chi connectivity index (χ2n) is 3.99. The van der Waals surface area contributed by atoms with Crippen LogP contribution in [0.3, 0.4) is 0 Å². The van der Waals surface area contributed by atoms with Crippen molar-refractivity contribution < 1.29 is 13.7 Å². The SMILES string of the molecule is CNCc1cc(COc2cccc(C)c2F)on1. The molecule has 0 fully saturated rings. The molecule has 0 atom stereocenters. The Morgan fingerprint density at radius 2 is 2.28 bits per heavy atom. The van der Waals surface area contributed by atoms with Crippen LogP contribution in [0, 0.1) is 12.7 Å². The van der Waals surface area contributed by atoms with Crippen LogP contribution in [0.15, 0.2) is 28.8 Å². The van der Waals surface area contributed by atoms with Crippen LogP contribution in [-0.2, 0) is 13.2 Å². The summed E-state index contributed by atoms with van der Waals surface area (Å²) in [5.74, 6) is 0.454. The number of hydrogen-bond donors (Lipinski definition) is 1. The predicted octanol–water partition coefficient (Wildman–Crippen LogP) is 2.42. The highest BCUT2D eigenvalue weighted by Gasteiger charge is 2.08. The molecule has 0 amide bonds. The van der Waals surface area contributed by atoms with Gasteiger partial charge in [-0.05, 0) is 25.6 Å². The van der Waals surface area contributed by atoms with Crippen LogP contribution >= 0.6 is 0 Å². The van der Waals surface area contributed by atoms with Crippen LogP contribution in [0.1, 0.15) is 17.0 Å². The maximum atomic E-state index is 13.6. The van der Waals surface area contributed by atoms with Crippen molar-refractivity contribution in [2.75, 3.05) is 7.05 Å². The summed E-state index contributed by atoms with van der Waals surface area (Å²) in [7, 11) is 1.83. The van der Waals surface area contributed by atoms with Crippen LogP contribution < -0.4 is 10.1 Å². The molecule has 2 aromatic rings. The van der Waals surface area contributed by atoms with Crippen molar-refractivity contribution in [1.29, 1.82) is 0 Å². The highest BCUT2D eigenvalue weighted by atomic mass is 19.1. The molecular formula is C13H15FN2O2. The van der Waals surface area contributed by atoms with E-state index >= 15 is 0 Å². The van der Waals surface area contributed by atoms with Crippen LogP contribution in [0.2, 0.25) is 0 Å². The second kappa shape index (κ2) is 5.64. The molecule has 0 unspecified atom stereocenters. The zero-order valence-corrected chi connectivity index (χ0v) is 10.4. The van der Waals surface area contributed by atoms with Crippen molar-refractivity contribution in [2.45, 2.75) is 20.1 Å². The lowest BCUT2D eigenvalue weighted by Gasteiger charge is -2.06. The van der Waals surface area contributed by atoms with E-state index in [4.69, 9.17) is 9.26 Å². The molecule has 5 heteroatoms. The van der Waals surface area contributed by atoms with E-state index in [-0.39, 0.29) is 18.2 Å². The monoisotopic (exact) mass is 250 g/mol. The summed E-state index contributed by atoms with van der Waals surface area (Å²) in [5.41, 5.74) is 1.35. The number of nitrogens with zero attached hydrogens (tertiary/aromatic N) is 1. The molecule has 4 nitrogen and oxygen atoms in total. The van der Waals surface area contributed by atoms with Gasteiger partial charge in [0, 0.05) is 12.6 Å². The average Bonchev–Trinajstić information content (AvgIpc) is 2.79. The van der Waals surface area contributed by atoms with Crippen LogP contribution in [0.5, 0.6) is 5.75 Å². The normalized spacial score (nSPS) is 10.6. The summed E-state index contributed by atoms with van der Waals surface area (Å²) < 4.78 is 24.1. The zero-order chi connectivity index (χ0) is 13.0. The van der Waals surface area contributed by atoms with Crippen LogP contribution in [0.25, 0.3) is 0 Å². The van der Waals surface area contributed by atoms with E-state index in [9.17, 15) is 4.39 Å². The predicted molar refractivity (Wildman–Crippen MR) is 64.7 cm³/mol. The van der Waals surface area contributed by atoms with Crippen LogP contribution in [0.4, 0.5) is 4.39 Å². The smallest absolute Gasteiger partial charge is 0.174 e. The Labute approximate surface area is 105 Å². The topological polar surface area (TPSA) is 47.3 Å². The molecule has 1 N–H and O–H groups in total. The fourth-order valence-electron chi connectivity index (χ4n) is 1.57. The molecular weight excluding hydrogens is 235 g/mol. The van der Waals surface area contributed by atoms with E-state index in [1.165, 1.54) is 0 Å². The lowest BCUT2D eigenvalue weighted by atomic mass is 10.2. The molecule has 0 saturated heterocycles. The van der Waals surface area contributed by atoms with Crippen molar-refractivity contribution in [3.63, 3.8) is 0 Å². The summed E-state index contributed by atoms with van der Waals surface area (Å²) >= 11 is 0. The van der Waals surface area contributed by atoms with Crippen LogP contribution in [-0.4, -0.2) is 12.2 Å². The van der Waals surface area contributed by atoms with Gasteiger partial charge in [-0.25, -0.2) is 4.39 Å². The van der Waals surface area contributed by atoms with Gasteiger partial charge in [0.25, 0.3) is 0 Å². The summed E-state index contributed by atoms with van der Waals surface area (Å²) in [6, 6.07) is 6.82. The minimum absolute atomic E-state index is 0.164. The highest BCUT2D eigenvalue weighted by molar-refractivity contribution is 5.30. The third kappa shape index (κ3) is 2.87. The van der Waals surface area contributed by atoms with Gasteiger partial charge in [0.2, 0.25) is 0 Å². The van der Waals surface area contributed by atoms with Gasteiger partial charge in [-0.3, -0.25) is 0 Å². The molecule has 0 radical (unpaired) electrons. The lowest BCUT2D eigenvalue weighted by Crippen LogP contribution is -2.04. The number of benzene rings is 1. The van der Waals surface area contributed by atoms with Gasteiger partial charge in [-0.1, -0.05) is 17.3 Å². The molecule has 0 aliphatic rings. The number of ether oxygens (including phenoxy) is 1. The van der Waals surface area contributed by atoms with E-state index in [1.807, 2.05) is 7.05 Å². The third-order valence-electron chi connectivity index (χ3n) is 2.49. The summed E-state index contributed by atoms with van der Waals surface area (Å²) in [6.45, 7) is 2.49. The number of rotatable bonds is 5. The maximum absolute atomic E-state index is 13.6. The van der Waals surface area contributed by atoms with Crippen molar-refractivity contribution in [3.05, 3.63) is 47.1 Å². The van der Waals surface area contributed by atoms with E-state index in [0.717, 1.165) is 5.69 Å². The Hall–Kier alpha value is -1.88. The molecule has 1 aromatic heterocycles. The Morgan fingerprint density at radius 1 is 1.44 bits per heavy atom. The molecule has 2 rings (SSSR count). The molecule has 96 valence electrons. The molecule has 0 saturated carbocycles. The lowest BCUT2D eigenvalue weighted by molar-refractivity contribution is 0.239. The van der Waals surface area contributed by atoms with Crippen molar-refractivity contribution >= 4 is 0 Å². The number of halogens is 1. The van der Waals surface area contributed by atoms with Gasteiger partial charge in [-0.2, -0.15) is 0 Å². The minimum atomic E-state index is -0.340. The first-order chi connectivity index (χ1) is 8.70. The van der Waals surface area contributed by atoms with Gasteiger partial charge in [0.1, 0.15) is 6.61 Å². The first kappa shape index (κ1) is 12.6. The number of aromatic nitrogens is 1. The van der Waals surface area contributed by atoms with E-state index in [2.05, 4.69) is 10.5 Å². The molecule has 0 aliphatic heterocycles. The van der Waals surface area contributed by atoms with Gasteiger partial charge >= 0.3 is 0 Å². The third-order valence-corrected chi connectivity index (χ3v) is 2.49. The second-order valence-corrected chi connectivity index (χ2v) is 3.99. The minimum Gasteiger partial charge on any atom is -0.482 e. The van der Waals surface area contributed by atoms with E-state index in [1.54, 1.807) is 31.2 Å². The van der Waals surface area contributed by atoms with Crippen molar-refractivity contribution in [3.8, 4) is 5.75 Å². The standard InChI is InChI=1S/C13H15FN2O2/c1-9-4-3-5-12(13(9)14)17-8-11-6-10(7-15-2)16-18-11/h3-6,15H,7-8H2,1-2H3.